The van der Waals surface area contributed by atoms with Crippen molar-refractivity contribution in [2.75, 3.05) is 18.5 Å². The van der Waals surface area contributed by atoms with E-state index in [0.29, 0.717) is 10.9 Å². The van der Waals surface area contributed by atoms with Crippen molar-refractivity contribution in [1.82, 2.24) is 4.98 Å². The molecule has 1 aromatic heterocycles. The van der Waals surface area contributed by atoms with E-state index in [2.05, 4.69) is 4.98 Å². The normalized spacial score (nSPS) is 11.3. The lowest BCUT2D eigenvalue weighted by Gasteiger charge is -2.18. The molecule has 0 aliphatic heterocycles. The predicted octanol–water partition coefficient (Wildman–Crippen LogP) is 2.29. The van der Waals surface area contributed by atoms with Crippen LogP contribution in [0.5, 0.6) is 5.75 Å². The number of benzene rings is 1. The van der Waals surface area contributed by atoms with Gasteiger partial charge in [-0.05, 0) is 24.6 Å². The molecule has 2 aromatic rings. The molecule has 0 bridgehead atoms. The van der Waals surface area contributed by atoms with E-state index in [0.717, 1.165) is 9.87 Å². The summed E-state index contributed by atoms with van der Waals surface area (Å²) in [5.41, 5.74) is 0.854. The summed E-state index contributed by atoms with van der Waals surface area (Å²) in [7, 11) is -0.737. The first kappa shape index (κ1) is 13.8. The molecule has 0 saturated heterocycles. The molecule has 0 spiro atoms. The molecule has 0 atom stereocenters. The lowest BCUT2D eigenvalue weighted by Crippen LogP contribution is -2.26. The Bertz CT molecular complexity index is 666. The third-order valence-corrected chi connectivity index (χ3v) is 5.38. The number of methoxy groups -OCH3 is 1. The molecule has 1 heterocycles. The third kappa shape index (κ3) is 2.57. The summed E-state index contributed by atoms with van der Waals surface area (Å²) in [5.74, 6) is 0.328. The molecule has 7 heteroatoms. The monoisotopic (exact) mass is 298 g/mol. The van der Waals surface area contributed by atoms with Crippen molar-refractivity contribution in [1.29, 1.82) is 0 Å². The maximum absolute atomic E-state index is 12.6. The Morgan fingerprint density at radius 3 is 2.68 bits per heavy atom. The lowest BCUT2D eigenvalue weighted by atomic mass is 10.2. The number of hydrogen-bond acceptors (Lipinski definition) is 5. The van der Waals surface area contributed by atoms with Crippen molar-refractivity contribution >= 4 is 26.5 Å². The van der Waals surface area contributed by atoms with Gasteiger partial charge in [-0.15, -0.1) is 11.3 Å². The average Bonchev–Trinajstić information content (AvgIpc) is 2.91. The van der Waals surface area contributed by atoms with Crippen molar-refractivity contribution in [2.24, 2.45) is 0 Å². The van der Waals surface area contributed by atoms with Crippen LogP contribution in [0.15, 0.2) is 34.7 Å². The van der Waals surface area contributed by atoms with Crippen LogP contribution in [0.4, 0.5) is 5.13 Å². The van der Waals surface area contributed by atoms with Crippen LogP contribution in [0.25, 0.3) is 0 Å². The summed E-state index contributed by atoms with van der Waals surface area (Å²) in [6.07, 6.45) is 1.57. The van der Waals surface area contributed by atoms with Gasteiger partial charge >= 0.3 is 0 Å². The highest BCUT2D eigenvalue weighted by atomic mass is 32.2. The third-order valence-electron chi connectivity index (χ3n) is 2.65. The molecule has 0 aliphatic rings. The van der Waals surface area contributed by atoms with Gasteiger partial charge < -0.3 is 4.74 Å². The van der Waals surface area contributed by atoms with Crippen LogP contribution >= 0.6 is 11.3 Å². The summed E-state index contributed by atoms with van der Waals surface area (Å²) in [6, 6.07) is 5.05. The fourth-order valence-corrected chi connectivity index (χ4v) is 3.83. The van der Waals surface area contributed by atoms with Crippen LogP contribution in [0.1, 0.15) is 5.56 Å². The van der Waals surface area contributed by atoms with E-state index in [1.165, 1.54) is 25.5 Å². The topological polar surface area (TPSA) is 59.5 Å². The van der Waals surface area contributed by atoms with Crippen LogP contribution in [-0.4, -0.2) is 27.6 Å². The summed E-state index contributed by atoms with van der Waals surface area (Å²) >= 11 is 1.27. The smallest absolute Gasteiger partial charge is 0.269 e. The van der Waals surface area contributed by atoms with E-state index >= 15 is 0 Å². The Morgan fingerprint density at radius 2 is 2.11 bits per heavy atom. The van der Waals surface area contributed by atoms with Crippen molar-refractivity contribution in [3.63, 3.8) is 0 Å². The van der Waals surface area contributed by atoms with Crippen LogP contribution < -0.4 is 9.04 Å². The number of aryl methyl sites for hydroxylation is 1. The fraction of sp³-hybridized carbons (Fsp3) is 0.250. The van der Waals surface area contributed by atoms with E-state index in [-0.39, 0.29) is 4.90 Å². The first-order valence-electron chi connectivity index (χ1n) is 5.50. The molecule has 5 nitrogen and oxygen atoms in total. The summed E-state index contributed by atoms with van der Waals surface area (Å²) < 4.78 is 31.4. The highest BCUT2D eigenvalue weighted by molar-refractivity contribution is 7.93. The Balaban J connectivity index is 2.53. The predicted molar refractivity (Wildman–Crippen MR) is 75.4 cm³/mol. The second-order valence-electron chi connectivity index (χ2n) is 3.94. The second-order valence-corrected chi connectivity index (χ2v) is 6.75. The van der Waals surface area contributed by atoms with Crippen LogP contribution in [0, 0.1) is 6.92 Å². The fourth-order valence-electron chi connectivity index (χ4n) is 1.61. The number of ether oxygens (including phenoxy) is 1. The van der Waals surface area contributed by atoms with E-state index in [9.17, 15) is 8.42 Å². The zero-order valence-corrected chi connectivity index (χ0v) is 12.5. The second kappa shape index (κ2) is 5.18. The zero-order valence-electron chi connectivity index (χ0n) is 10.8. The van der Waals surface area contributed by atoms with Gasteiger partial charge in [0.15, 0.2) is 5.13 Å². The minimum absolute atomic E-state index is 0.146. The maximum Gasteiger partial charge on any atom is 0.269 e. The van der Waals surface area contributed by atoms with Crippen LogP contribution in [-0.2, 0) is 10.0 Å². The lowest BCUT2D eigenvalue weighted by molar-refractivity contribution is 0.402. The summed E-state index contributed by atoms with van der Waals surface area (Å²) in [6.45, 7) is 1.84. The van der Waals surface area contributed by atoms with Crippen LogP contribution in [0.3, 0.4) is 0 Å². The molecule has 0 fully saturated rings. The minimum Gasteiger partial charge on any atom is -0.495 e. The first-order valence-corrected chi connectivity index (χ1v) is 7.82. The Labute approximate surface area is 116 Å². The van der Waals surface area contributed by atoms with Gasteiger partial charge in [-0.2, -0.15) is 0 Å². The Kier molecular flexibility index (Phi) is 3.77. The molecule has 0 aliphatic carbocycles. The van der Waals surface area contributed by atoms with Gasteiger partial charge in [-0.25, -0.2) is 17.7 Å². The van der Waals surface area contributed by atoms with Crippen molar-refractivity contribution in [2.45, 2.75) is 11.8 Å². The standard InChI is InChI=1S/C12H14N2O3S2/c1-9-4-5-10(17-3)11(8-9)19(15,16)14(2)12-13-6-7-18-12/h4-8H,1-3H3. The molecule has 0 radical (unpaired) electrons. The molecular formula is C12H14N2O3S2. The quantitative estimate of drug-likeness (QED) is 0.869. The van der Waals surface area contributed by atoms with Gasteiger partial charge in [0, 0.05) is 18.6 Å². The van der Waals surface area contributed by atoms with Crippen molar-refractivity contribution in [3.8, 4) is 5.75 Å². The molecule has 19 heavy (non-hydrogen) atoms. The molecule has 0 amide bonds. The molecule has 102 valence electrons. The largest absolute Gasteiger partial charge is 0.495 e. The van der Waals surface area contributed by atoms with Gasteiger partial charge in [0.2, 0.25) is 0 Å². The number of sulfonamides is 1. The average molecular weight is 298 g/mol. The summed E-state index contributed by atoms with van der Waals surface area (Å²) in [5, 5.41) is 2.15. The molecular weight excluding hydrogens is 284 g/mol. The number of rotatable bonds is 4. The SMILES string of the molecule is COc1ccc(C)cc1S(=O)(=O)N(C)c1nccs1. The van der Waals surface area contributed by atoms with Gasteiger partial charge in [0.1, 0.15) is 10.6 Å². The van der Waals surface area contributed by atoms with E-state index in [1.54, 1.807) is 29.8 Å². The molecule has 1 aromatic carbocycles. The number of nitrogens with zero attached hydrogens (tertiary/aromatic N) is 2. The first-order chi connectivity index (χ1) is 8.96. The zero-order chi connectivity index (χ0) is 14.0. The highest BCUT2D eigenvalue weighted by Crippen LogP contribution is 2.30. The number of thiazole rings is 1. The molecule has 2 rings (SSSR count). The number of hydrogen-bond donors (Lipinski definition) is 0. The van der Waals surface area contributed by atoms with Crippen molar-refractivity contribution < 1.29 is 13.2 Å². The van der Waals surface area contributed by atoms with Gasteiger partial charge in [0.05, 0.1) is 7.11 Å². The number of anilines is 1. The van der Waals surface area contributed by atoms with Gasteiger partial charge in [-0.3, -0.25) is 0 Å². The van der Waals surface area contributed by atoms with Crippen LogP contribution in [0.2, 0.25) is 0 Å². The maximum atomic E-state index is 12.6. The van der Waals surface area contributed by atoms with Gasteiger partial charge in [-0.1, -0.05) is 6.07 Å². The molecule has 0 saturated carbocycles. The molecule has 0 unspecified atom stereocenters. The van der Waals surface area contributed by atoms with Crippen molar-refractivity contribution in [3.05, 3.63) is 35.3 Å². The minimum atomic E-state index is -3.67. The highest BCUT2D eigenvalue weighted by Gasteiger charge is 2.26. The van der Waals surface area contributed by atoms with E-state index in [4.69, 9.17) is 4.74 Å². The van der Waals surface area contributed by atoms with E-state index < -0.39 is 10.0 Å². The number of aromatic nitrogens is 1. The summed E-state index contributed by atoms with van der Waals surface area (Å²) in [4.78, 5) is 4.16. The van der Waals surface area contributed by atoms with E-state index in [1.807, 2.05) is 6.92 Å². The molecule has 0 N–H and O–H groups in total. The van der Waals surface area contributed by atoms with Gasteiger partial charge in [0.25, 0.3) is 10.0 Å². The Morgan fingerprint density at radius 1 is 1.37 bits per heavy atom. The Hall–Kier alpha value is -1.60.